The molecule has 0 bridgehead atoms. The third kappa shape index (κ3) is 11.7. The molecule has 0 unspecified atom stereocenters. The summed E-state index contributed by atoms with van der Waals surface area (Å²) in [6.07, 6.45) is -1.37. The second-order valence-electron chi connectivity index (χ2n) is 4.14. The van der Waals surface area contributed by atoms with Crippen molar-refractivity contribution in [3.8, 4) is 0 Å². The van der Waals surface area contributed by atoms with Gasteiger partial charge in [-0.25, -0.2) is 0 Å². The fraction of sp³-hybridized carbons (Fsp3) is 1.00. The summed E-state index contributed by atoms with van der Waals surface area (Å²) in [5, 5.41) is 0. The molecule has 19 heteroatoms. The van der Waals surface area contributed by atoms with E-state index in [1.807, 2.05) is 0 Å². The van der Waals surface area contributed by atoms with Gasteiger partial charge in [-0.15, -0.1) is 0 Å². The Morgan fingerprint density at radius 2 is 0.760 bits per heavy atom. The first-order chi connectivity index (χ1) is 10.5. The molecule has 0 aromatic carbocycles. The number of hydrogen-bond donors (Lipinski definition) is 4. The van der Waals surface area contributed by atoms with Crippen molar-refractivity contribution in [2.45, 2.75) is 22.0 Å². The minimum atomic E-state index is -5.05. The monoisotopic (exact) mass is 493 g/mol. The summed E-state index contributed by atoms with van der Waals surface area (Å²) >= 11 is 0. The molecule has 0 amide bonds. The van der Waals surface area contributed by atoms with Gasteiger partial charge in [-0.3, -0.25) is 18.2 Å². The molecule has 0 aromatic rings. The Balaban J connectivity index is 0. The van der Waals surface area contributed by atoms with Gasteiger partial charge in [0, 0.05) is 41.1 Å². The van der Waals surface area contributed by atoms with Crippen LogP contribution in [0.2, 0.25) is 0 Å². The SMILES string of the molecule is O=S(=O)(O)C(CCSSCCC(S(=O)(=O)O)S(=O)(=O)O)S(=O)(=O)O.[Na]. The van der Waals surface area contributed by atoms with Gasteiger partial charge in [0.1, 0.15) is 0 Å². The third-order valence-corrected chi connectivity index (χ3v) is 11.3. The van der Waals surface area contributed by atoms with Gasteiger partial charge in [0.05, 0.1) is 0 Å². The molecular weight excluding hydrogens is 479 g/mol. The fourth-order valence-corrected chi connectivity index (χ4v) is 8.21. The van der Waals surface area contributed by atoms with E-state index in [1.54, 1.807) is 0 Å². The van der Waals surface area contributed by atoms with Crippen LogP contribution in [0.3, 0.4) is 0 Å². The first-order valence-electron chi connectivity index (χ1n) is 5.57. The van der Waals surface area contributed by atoms with Crippen LogP contribution in [-0.4, -0.2) is 102 Å². The largest absolute Gasteiger partial charge is 0.284 e. The maximum Gasteiger partial charge on any atom is 0.284 e. The Morgan fingerprint density at radius 3 is 0.920 bits per heavy atom. The van der Waals surface area contributed by atoms with Crippen molar-refractivity contribution >= 4 is 91.6 Å². The van der Waals surface area contributed by atoms with Crippen molar-refractivity contribution < 1.29 is 51.9 Å². The van der Waals surface area contributed by atoms with Crippen LogP contribution in [-0.2, 0) is 40.5 Å². The van der Waals surface area contributed by atoms with E-state index in [2.05, 4.69) is 0 Å². The molecule has 1 radical (unpaired) electrons. The maximum atomic E-state index is 10.8. The average molecular weight is 494 g/mol. The zero-order chi connectivity index (χ0) is 19.4. The van der Waals surface area contributed by atoms with Crippen molar-refractivity contribution in [2.24, 2.45) is 0 Å². The Kier molecular flexibility index (Phi) is 12.3. The Labute approximate surface area is 175 Å². The predicted molar refractivity (Wildman–Crippen MR) is 93.7 cm³/mol. The topological polar surface area (TPSA) is 217 Å². The molecule has 0 aromatic heterocycles. The zero-order valence-corrected chi connectivity index (χ0v) is 19.4. The summed E-state index contributed by atoms with van der Waals surface area (Å²) < 4.78 is 116. The Bertz CT molecular complexity index is 691. The van der Waals surface area contributed by atoms with E-state index in [0.717, 1.165) is 21.6 Å². The predicted octanol–water partition coefficient (Wildman–Crippen LogP) is -1.03. The quantitative estimate of drug-likeness (QED) is 0.117. The van der Waals surface area contributed by atoms with E-state index in [9.17, 15) is 33.7 Å². The molecule has 4 N–H and O–H groups in total. The van der Waals surface area contributed by atoms with Gasteiger partial charge in [-0.1, -0.05) is 21.6 Å². The van der Waals surface area contributed by atoms with Gasteiger partial charge >= 0.3 is 0 Å². The van der Waals surface area contributed by atoms with Gasteiger partial charge in [-0.05, 0) is 12.8 Å². The summed E-state index contributed by atoms with van der Waals surface area (Å²) in [7, 11) is -18.6. The van der Waals surface area contributed by atoms with E-state index in [-0.39, 0.29) is 41.1 Å². The van der Waals surface area contributed by atoms with Crippen molar-refractivity contribution in [3.05, 3.63) is 0 Å². The molecule has 0 aliphatic heterocycles. The van der Waals surface area contributed by atoms with E-state index in [1.165, 1.54) is 0 Å². The van der Waals surface area contributed by atoms with Gasteiger partial charge in [0.2, 0.25) is 9.16 Å². The summed E-state index contributed by atoms with van der Waals surface area (Å²) in [5.41, 5.74) is 0. The maximum absolute atomic E-state index is 10.8. The smallest absolute Gasteiger partial charge is 0.284 e. The molecule has 0 spiro atoms. The first kappa shape index (κ1) is 28.5. The molecule has 12 nitrogen and oxygen atoms in total. The molecule has 0 heterocycles. The second-order valence-corrected chi connectivity index (χ2v) is 13.8. The minimum absolute atomic E-state index is 0. The van der Waals surface area contributed by atoms with Crippen LogP contribution in [0.5, 0.6) is 0 Å². The van der Waals surface area contributed by atoms with Crippen molar-refractivity contribution in [2.75, 3.05) is 11.5 Å². The van der Waals surface area contributed by atoms with Crippen LogP contribution in [0.15, 0.2) is 0 Å². The molecule has 0 rings (SSSR count). The molecule has 0 fully saturated rings. The minimum Gasteiger partial charge on any atom is -0.284 e. The van der Waals surface area contributed by atoms with E-state index in [4.69, 9.17) is 18.2 Å². The molecule has 0 saturated carbocycles. The van der Waals surface area contributed by atoms with Crippen LogP contribution in [0.25, 0.3) is 0 Å². The molecule has 0 aliphatic rings. The van der Waals surface area contributed by atoms with E-state index in [0.29, 0.717) is 0 Å². The molecule has 0 atom stereocenters. The normalized spacial score (nSPS) is 13.8. The fourth-order valence-electron chi connectivity index (χ4n) is 1.31. The van der Waals surface area contributed by atoms with Crippen molar-refractivity contribution in [1.82, 2.24) is 0 Å². The summed E-state index contributed by atoms with van der Waals surface area (Å²) in [4.78, 5) is 0. The third-order valence-electron chi connectivity index (χ3n) is 2.29. The standard InChI is InChI=1S/C6H14O12S6.Na/c7-21(8,9)5(22(10,11)12)1-3-19-20-4-2-6(23(13,14)15)24(16,17)18;/h5-6H,1-4H2,(H,7,8,9)(H,10,11,12)(H,13,14,15)(H,16,17,18);. The second kappa shape index (κ2) is 10.8. The molecule has 147 valence electrons. The van der Waals surface area contributed by atoms with Gasteiger partial charge in [0.25, 0.3) is 40.5 Å². The Hall–Kier alpha value is 1.34. The molecule has 0 aliphatic carbocycles. The zero-order valence-electron chi connectivity index (χ0n) is 12.5. The number of hydrogen-bond acceptors (Lipinski definition) is 10. The van der Waals surface area contributed by atoms with Gasteiger partial charge < -0.3 is 0 Å². The number of rotatable bonds is 11. The van der Waals surface area contributed by atoms with Crippen molar-refractivity contribution in [1.29, 1.82) is 0 Å². The van der Waals surface area contributed by atoms with E-state index < -0.39 is 62.5 Å². The van der Waals surface area contributed by atoms with Crippen LogP contribution < -0.4 is 0 Å². The summed E-state index contributed by atoms with van der Waals surface area (Å²) in [6.45, 7) is 0. The Morgan fingerprint density at radius 1 is 0.560 bits per heavy atom. The van der Waals surface area contributed by atoms with Crippen molar-refractivity contribution in [3.63, 3.8) is 0 Å². The summed E-state index contributed by atoms with van der Waals surface area (Å²) in [5.74, 6) is -0.450. The van der Waals surface area contributed by atoms with Crippen LogP contribution in [0.1, 0.15) is 12.8 Å². The van der Waals surface area contributed by atoms with E-state index >= 15 is 0 Å². The van der Waals surface area contributed by atoms with Crippen LogP contribution in [0, 0.1) is 0 Å². The van der Waals surface area contributed by atoms with Gasteiger partial charge in [-0.2, -0.15) is 33.7 Å². The molecular formula is C6H14NaO12S6. The molecule has 0 saturated heterocycles. The van der Waals surface area contributed by atoms with Gasteiger partial charge in [0.15, 0.2) is 0 Å². The summed E-state index contributed by atoms with van der Waals surface area (Å²) in [6, 6.07) is 0. The average Bonchev–Trinajstić information content (AvgIpc) is 2.25. The first-order valence-corrected chi connectivity index (χ1v) is 14.1. The van der Waals surface area contributed by atoms with Crippen LogP contribution >= 0.6 is 21.6 Å². The molecule has 25 heavy (non-hydrogen) atoms. The van der Waals surface area contributed by atoms with Crippen LogP contribution in [0.4, 0.5) is 0 Å².